The highest BCUT2D eigenvalue weighted by atomic mass is 16.5. The van der Waals surface area contributed by atoms with Crippen LogP contribution in [0.4, 0.5) is 0 Å². The van der Waals surface area contributed by atoms with Crippen molar-refractivity contribution < 1.29 is 14.6 Å². The van der Waals surface area contributed by atoms with Gasteiger partial charge in [-0.25, -0.2) is 0 Å². The third-order valence-corrected chi connectivity index (χ3v) is 5.20. The molecule has 160 valence electrons. The van der Waals surface area contributed by atoms with Gasteiger partial charge in [0.25, 0.3) is 0 Å². The van der Waals surface area contributed by atoms with E-state index in [0.717, 1.165) is 35.7 Å². The number of ether oxygens (including phenoxy) is 2. The fourth-order valence-corrected chi connectivity index (χ4v) is 3.32. The Kier molecular flexibility index (Phi) is 12.0. The van der Waals surface area contributed by atoms with E-state index >= 15 is 0 Å². The predicted octanol–water partition coefficient (Wildman–Crippen LogP) is 7.06. The average Bonchev–Trinajstić information content (AvgIpc) is 2.77. The molecule has 29 heavy (non-hydrogen) atoms. The van der Waals surface area contributed by atoms with E-state index in [1.165, 1.54) is 57.8 Å². The molecule has 0 amide bonds. The van der Waals surface area contributed by atoms with Gasteiger partial charge in [0, 0.05) is 0 Å². The number of hydrogen-bond donors (Lipinski definition) is 1. The largest absolute Gasteiger partial charge is 0.494 e. The summed E-state index contributed by atoms with van der Waals surface area (Å²) in [7, 11) is 0. The number of aliphatic hydroxyl groups excluding tert-OH is 1. The van der Waals surface area contributed by atoms with E-state index in [1.807, 2.05) is 36.4 Å². The molecular weight excluding hydrogens is 360 g/mol. The summed E-state index contributed by atoms with van der Waals surface area (Å²) in [5, 5.41) is 9.07. The van der Waals surface area contributed by atoms with Crippen LogP contribution in [0.1, 0.15) is 82.3 Å². The molecule has 0 aliphatic heterocycles. The Hall–Kier alpha value is -2.00. The maximum atomic E-state index is 9.07. The summed E-state index contributed by atoms with van der Waals surface area (Å²) in [4.78, 5) is 0. The average molecular weight is 399 g/mol. The molecule has 1 N–H and O–H groups in total. The van der Waals surface area contributed by atoms with Gasteiger partial charge in [-0.15, -0.1) is 0 Å². The van der Waals surface area contributed by atoms with Crippen LogP contribution < -0.4 is 9.47 Å². The molecule has 3 nitrogen and oxygen atoms in total. The molecule has 0 heterocycles. The van der Waals surface area contributed by atoms with Crippen LogP contribution in [0.25, 0.3) is 0 Å². The number of rotatable bonds is 16. The molecule has 2 rings (SSSR count). The summed E-state index contributed by atoms with van der Waals surface area (Å²) in [6.45, 7) is 3.65. The molecule has 0 spiro atoms. The van der Waals surface area contributed by atoms with E-state index in [2.05, 4.69) is 19.1 Å². The van der Waals surface area contributed by atoms with Crippen LogP contribution in [0, 0.1) is 0 Å². The van der Waals surface area contributed by atoms with Crippen LogP contribution in [-0.4, -0.2) is 11.7 Å². The Morgan fingerprint density at radius 2 is 1.07 bits per heavy atom. The van der Waals surface area contributed by atoms with Crippen molar-refractivity contribution >= 4 is 0 Å². The monoisotopic (exact) mass is 398 g/mol. The Labute approximate surface area is 177 Å². The van der Waals surface area contributed by atoms with Crippen molar-refractivity contribution in [2.75, 3.05) is 6.61 Å². The van der Waals surface area contributed by atoms with Crippen LogP contribution in [0.15, 0.2) is 48.5 Å². The minimum absolute atomic E-state index is 0.0564. The van der Waals surface area contributed by atoms with E-state index in [9.17, 15) is 0 Å². The first-order valence-electron chi connectivity index (χ1n) is 11.4. The van der Waals surface area contributed by atoms with Gasteiger partial charge in [0.2, 0.25) is 0 Å². The van der Waals surface area contributed by atoms with Crippen molar-refractivity contribution in [3.63, 3.8) is 0 Å². The van der Waals surface area contributed by atoms with Gasteiger partial charge in [-0.2, -0.15) is 0 Å². The molecule has 2 aromatic carbocycles. The molecule has 0 aliphatic carbocycles. The Balaban J connectivity index is 1.51. The number of hydrogen-bond acceptors (Lipinski definition) is 3. The fourth-order valence-electron chi connectivity index (χ4n) is 3.32. The van der Waals surface area contributed by atoms with Crippen LogP contribution in [0.5, 0.6) is 11.5 Å². The Morgan fingerprint density at radius 1 is 0.586 bits per heavy atom. The third-order valence-electron chi connectivity index (χ3n) is 5.20. The smallest absolute Gasteiger partial charge is 0.119 e. The number of benzene rings is 2. The van der Waals surface area contributed by atoms with E-state index in [1.54, 1.807) is 0 Å². The number of unbranched alkanes of at least 4 members (excludes halogenated alkanes) is 9. The van der Waals surface area contributed by atoms with Crippen molar-refractivity contribution in [2.24, 2.45) is 0 Å². The Bertz CT molecular complexity index is 634. The summed E-state index contributed by atoms with van der Waals surface area (Å²) in [5.41, 5.74) is 2.00. The van der Waals surface area contributed by atoms with E-state index < -0.39 is 0 Å². The minimum Gasteiger partial charge on any atom is -0.494 e. The quantitative estimate of drug-likeness (QED) is 0.308. The van der Waals surface area contributed by atoms with Gasteiger partial charge >= 0.3 is 0 Å². The molecule has 3 heteroatoms. The van der Waals surface area contributed by atoms with Gasteiger partial charge in [-0.3, -0.25) is 0 Å². The lowest BCUT2D eigenvalue weighted by Gasteiger charge is -2.09. The number of aliphatic hydroxyl groups is 1. The normalized spacial score (nSPS) is 10.8. The zero-order valence-electron chi connectivity index (χ0n) is 18.1. The highest BCUT2D eigenvalue weighted by molar-refractivity contribution is 5.29. The molecule has 0 saturated heterocycles. The van der Waals surface area contributed by atoms with Crippen LogP contribution in [0.3, 0.4) is 0 Å². The molecule has 0 aliphatic rings. The molecular formula is C26H38O3. The highest BCUT2D eigenvalue weighted by Crippen LogP contribution is 2.17. The van der Waals surface area contributed by atoms with Crippen molar-refractivity contribution in [1.82, 2.24) is 0 Å². The van der Waals surface area contributed by atoms with Gasteiger partial charge < -0.3 is 14.6 Å². The molecule has 2 aromatic rings. The second-order valence-electron chi connectivity index (χ2n) is 7.77. The summed E-state index contributed by atoms with van der Waals surface area (Å²) in [6.07, 6.45) is 13.4. The molecule has 0 aromatic heterocycles. The standard InChI is InChI=1S/C26H38O3/c1-2-3-4-5-6-7-8-9-10-11-20-28-25-18-14-24(15-19-25)22-29-26-16-12-23(21-27)13-17-26/h12-19,27H,2-11,20-22H2,1H3. The van der Waals surface area contributed by atoms with Gasteiger partial charge in [0.1, 0.15) is 18.1 Å². The SMILES string of the molecule is CCCCCCCCCCCCOc1ccc(COc2ccc(CO)cc2)cc1. The Morgan fingerprint density at radius 3 is 1.62 bits per heavy atom. The van der Waals surface area contributed by atoms with Crippen LogP contribution in [0.2, 0.25) is 0 Å². The maximum Gasteiger partial charge on any atom is 0.119 e. The molecule has 0 unspecified atom stereocenters. The molecule has 0 atom stereocenters. The topological polar surface area (TPSA) is 38.7 Å². The maximum absolute atomic E-state index is 9.07. The van der Waals surface area contributed by atoms with Crippen molar-refractivity contribution in [3.05, 3.63) is 59.7 Å². The first-order chi connectivity index (χ1) is 14.3. The first-order valence-corrected chi connectivity index (χ1v) is 11.4. The molecule has 0 fully saturated rings. The lowest BCUT2D eigenvalue weighted by Crippen LogP contribution is -1.99. The predicted molar refractivity (Wildman–Crippen MR) is 120 cm³/mol. The lowest BCUT2D eigenvalue weighted by atomic mass is 10.1. The van der Waals surface area contributed by atoms with Crippen LogP contribution >= 0.6 is 0 Å². The zero-order valence-corrected chi connectivity index (χ0v) is 18.1. The first kappa shape index (κ1) is 23.3. The summed E-state index contributed by atoms with van der Waals surface area (Å²) in [5.74, 6) is 1.74. The fraction of sp³-hybridized carbons (Fsp3) is 0.538. The summed E-state index contributed by atoms with van der Waals surface area (Å²) in [6, 6.07) is 15.7. The van der Waals surface area contributed by atoms with E-state index in [-0.39, 0.29) is 6.61 Å². The van der Waals surface area contributed by atoms with Crippen molar-refractivity contribution in [3.8, 4) is 11.5 Å². The second kappa shape index (κ2) is 14.9. The second-order valence-corrected chi connectivity index (χ2v) is 7.77. The van der Waals surface area contributed by atoms with Gasteiger partial charge in [-0.1, -0.05) is 89.0 Å². The molecule has 0 bridgehead atoms. The summed E-state index contributed by atoms with van der Waals surface area (Å²) < 4.78 is 11.6. The lowest BCUT2D eigenvalue weighted by molar-refractivity contribution is 0.280. The molecule has 0 saturated carbocycles. The zero-order chi connectivity index (χ0) is 20.6. The van der Waals surface area contributed by atoms with Gasteiger partial charge in [-0.05, 0) is 41.8 Å². The van der Waals surface area contributed by atoms with E-state index in [0.29, 0.717) is 6.61 Å². The van der Waals surface area contributed by atoms with E-state index in [4.69, 9.17) is 14.6 Å². The minimum atomic E-state index is 0.0564. The van der Waals surface area contributed by atoms with Crippen molar-refractivity contribution in [1.29, 1.82) is 0 Å². The van der Waals surface area contributed by atoms with Crippen molar-refractivity contribution in [2.45, 2.75) is 84.3 Å². The summed E-state index contributed by atoms with van der Waals surface area (Å²) >= 11 is 0. The third kappa shape index (κ3) is 10.4. The van der Waals surface area contributed by atoms with Crippen LogP contribution in [-0.2, 0) is 13.2 Å². The molecule has 0 radical (unpaired) electrons. The highest BCUT2D eigenvalue weighted by Gasteiger charge is 1.99. The van der Waals surface area contributed by atoms with Gasteiger partial charge in [0.05, 0.1) is 13.2 Å². The van der Waals surface area contributed by atoms with Gasteiger partial charge in [0.15, 0.2) is 0 Å².